The molecule has 0 aliphatic rings. The fourth-order valence-electron chi connectivity index (χ4n) is 6.82. The number of anilines is 2. The highest BCUT2D eigenvalue weighted by Gasteiger charge is 2.28. The minimum absolute atomic E-state index is 0.0583. The van der Waals surface area contributed by atoms with E-state index in [1.807, 2.05) is 0 Å². The van der Waals surface area contributed by atoms with Gasteiger partial charge in [-0.15, -0.1) is 0 Å². The van der Waals surface area contributed by atoms with Crippen LogP contribution in [0.2, 0.25) is 0 Å². The zero-order chi connectivity index (χ0) is 58.0. The summed E-state index contributed by atoms with van der Waals surface area (Å²) >= 11 is 0. The number of aromatic nitrogens is 2. The normalized spacial score (nSPS) is 12.2. The number of pyridine rings is 2. The second-order valence-corrected chi connectivity index (χ2v) is 16.6. The minimum Gasteiger partial charge on any atom is -0.481 e. The fraction of sp³-hybridized carbons (Fsp3) is 0.250. The highest BCUT2D eigenvalue weighted by molar-refractivity contribution is 6.10. The smallest absolute Gasteiger partial charge is 0.326 e. The Morgan fingerprint density at radius 3 is 0.795 bits per heavy atom. The first-order valence-corrected chi connectivity index (χ1v) is 22.6. The molecule has 2 aromatic carbocycles. The lowest BCUT2D eigenvalue weighted by Crippen LogP contribution is -2.42. The third-order valence-electron chi connectivity index (χ3n) is 10.7. The molecule has 0 radical (unpaired) electrons. The van der Waals surface area contributed by atoms with Crippen LogP contribution in [-0.2, 0) is 38.4 Å². The molecular weight excluding hydrogens is 1040 g/mol. The van der Waals surface area contributed by atoms with Crippen LogP contribution in [0, 0.1) is 0 Å². The van der Waals surface area contributed by atoms with Crippen molar-refractivity contribution in [2.24, 2.45) is 0 Å². The molecule has 2 aromatic heterocycles. The van der Waals surface area contributed by atoms with E-state index in [1.165, 1.54) is 24.3 Å². The van der Waals surface area contributed by atoms with Gasteiger partial charge in [0.25, 0.3) is 35.4 Å². The third-order valence-corrected chi connectivity index (χ3v) is 10.7. The number of hydrogen-bond acceptors (Lipinski definition) is 16. The maximum atomic E-state index is 13.8. The Morgan fingerprint density at radius 1 is 0.333 bits per heavy atom. The van der Waals surface area contributed by atoms with Gasteiger partial charge >= 0.3 is 47.8 Å². The van der Waals surface area contributed by atoms with Gasteiger partial charge in [-0.2, -0.15) is 0 Å². The van der Waals surface area contributed by atoms with E-state index in [9.17, 15) is 87.5 Å². The van der Waals surface area contributed by atoms with Gasteiger partial charge in [-0.3, -0.25) is 57.9 Å². The molecule has 0 unspecified atom stereocenters. The van der Waals surface area contributed by atoms with Crippen LogP contribution in [0.15, 0.2) is 73.1 Å². The maximum Gasteiger partial charge on any atom is 0.326 e. The Kier molecular flexibility index (Phi) is 21.2. The van der Waals surface area contributed by atoms with Gasteiger partial charge in [0, 0.05) is 82.8 Å². The van der Waals surface area contributed by atoms with Crippen molar-refractivity contribution in [1.82, 2.24) is 31.2 Å². The number of amides is 6. The highest BCUT2D eigenvalue weighted by atomic mass is 16.4. The molecule has 14 N–H and O–H groups in total. The number of aliphatic carboxylic acids is 8. The van der Waals surface area contributed by atoms with Gasteiger partial charge < -0.3 is 72.8 Å². The molecule has 0 saturated heterocycles. The summed E-state index contributed by atoms with van der Waals surface area (Å²) in [6.07, 6.45) is -2.68. The van der Waals surface area contributed by atoms with Crippen molar-refractivity contribution in [3.63, 3.8) is 0 Å². The number of hydrogen-bond donors (Lipinski definition) is 14. The second kappa shape index (κ2) is 27.6. The molecule has 0 aliphatic carbocycles. The first-order valence-electron chi connectivity index (χ1n) is 22.6. The molecule has 0 aliphatic heterocycles. The first kappa shape index (κ1) is 59.9. The molecule has 0 saturated carbocycles. The largest absolute Gasteiger partial charge is 0.481 e. The number of nitrogens with zero attached hydrogens (tertiary/aromatic N) is 2. The van der Waals surface area contributed by atoms with Crippen LogP contribution in [-0.4, -0.2) is 158 Å². The molecule has 30 nitrogen and oxygen atoms in total. The summed E-state index contributed by atoms with van der Waals surface area (Å²) in [6, 6.07) is 3.51. The van der Waals surface area contributed by atoms with E-state index in [0.29, 0.717) is 0 Å². The summed E-state index contributed by atoms with van der Waals surface area (Å²) < 4.78 is 0. The predicted octanol–water partition coefficient (Wildman–Crippen LogP) is 0.839. The van der Waals surface area contributed by atoms with Crippen molar-refractivity contribution < 1.29 is 108 Å². The summed E-state index contributed by atoms with van der Waals surface area (Å²) in [5.41, 5.74) is -3.05. The van der Waals surface area contributed by atoms with Crippen LogP contribution in [0.5, 0.6) is 0 Å². The Labute approximate surface area is 436 Å². The molecule has 2 heterocycles. The lowest BCUT2D eigenvalue weighted by Gasteiger charge is -2.17. The fourth-order valence-corrected chi connectivity index (χ4v) is 6.82. The Morgan fingerprint density at radius 2 is 0.577 bits per heavy atom. The van der Waals surface area contributed by atoms with Crippen LogP contribution in [0.25, 0.3) is 11.4 Å². The van der Waals surface area contributed by atoms with E-state index in [1.54, 1.807) is 0 Å². The quantitative estimate of drug-likeness (QED) is 0.0358. The lowest BCUT2D eigenvalue weighted by molar-refractivity contribution is -0.142. The molecule has 30 heteroatoms. The molecule has 0 bridgehead atoms. The molecule has 0 spiro atoms. The molecule has 410 valence electrons. The van der Waals surface area contributed by atoms with Crippen molar-refractivity contribution in [2.75, 3.05) is 10.6 Å². The standard InChI is InChI=1S/C48H46N8O22/c57-35(58)5-1-29(45(71)72)53-41(67)23-13-24(42(68)54-30(46(73)74)2-6-36(59)60)16-27(15-23)51-39(65)21-9-11-49-33(19-21)34-20-22(10-12-50-34)40(66)52-28-17-25(43(69)55-31(47(75)76)3-7-37(61)62)14-26(18-28)44(70)56-32(48(77)78)4-8-38(63)64/h9-20,29-32H,1-8H2,(H,51,65)(H,52,66)(H,53,67)(H,54,68)(H,55,69)(H,56,70)(H,57,58)(H,59,60)(H,61,62)(H,63,64)(H,71,72)(H,73,74)(H,75,76)(H,77,78)/t29-,30-,31-,32-/m0/s1. The SMILES string of the molecule is O=C(O)CC[C@H](NC(=O)c1cc(NC(=O)c2ccnc(-c3cc(C(=O)Nc4cc(C(=O)N[C@@H](CCC(=O)O)C(=O)O)cc(C(=O)N[C@@H](CCC(=O)O)C(=O)O)c4)ccn3)c2)cc(C(=O)N[C@@H](CCC(=O)O)C(=O)O)c1)C(=O)O. The van der Waals surface area contributed by atoms with Gasteiger partial charge in [0.1, 0.15) is 24.2 Å². The van der Waals surface area contributed by atoms with Crippen molar-refractivity contribution >= 4 is 94.6 Å². The van der Waals surface area contributed by atoms with Gasteiger partial charge in [0.2, 0.25) is 0 Å². The van der Waals surface area contributed by atoms with Crippen LogP contribution in [0.1, 0.15) is 114 Å². The monoisotopic (exact) mass is 1090 g/mol. The highest BCUT2D eigenvalue weighted by Crippen LogP contribution is 2.23. The summed E-state index contributed by atoms with van der Waals surface area (Å²) in [6.45, 7) is 0. The molecule has 78 heavy (non-hydrogen) atoms. The summed E-state index contributed by atoms with van der Waals surface area (Å²) in [4.78, 5) is 181. The Hall–Kier alpha value is -10.7. The van der Waals surface area contributed by atoms with Crippen LogP contribution in [0.3, 0.4) is 0 Å². The molecular formula is C48H46N8O22. The Balaban J connectivity index is 1.67. The predicted molar refractivity (Wildman–Crippen MR) is 259 cm³/mol. The van der Waals surface area contributed by atoms with Crippen LogP contribution < -0.4 is 31.9 Å². The average molecular weight is 1090 g/mol. The Bertz CT molecular complexity index is 2750. The van der Waals surface area contributed by atoms with E-state index in [-0.39, 0.29) is 33.9 Å². The van der Waals surface area contributed by atoms with Gasteiger partial charge in [-0.05, 0) is 86.3 Å². The van der Waals surface area contributed by atoms with E-state index in [2.05, 4.69) is 41.9 Å². The van der Waals surface area contributed by atoms with E-state index < -0.39 is 181 Å². The molecule has 0 fully saturated rings. The summed E-state index contributed by atoms with van der Waals surface area (Å²) in [5.74, 6) is -18.6. The number of carboxylic acid groups (broad SMARTS) is 8. The summed E-state index contributed by atoms with van der Waals surface area (Å²) in [7, 11) is 0. The molecule has 6 amide bonds. The molecule has 4 aromatic rings. The van der Waals surface area contributed by atoms with Crippen molar-refractivity contribution in [3.05, 3.63) is 106 Å². The average Bonchev–Trinajstić information content (AvgIpc) is 3.39. The van der Waals surface area contributed by atoms with E-state index in [4.69, 9.17) is 20.4 Å². The number of carboxylic acids is 8. The van der Waals surface area contributed by atoms with Crippen molar-refractivity contribution in [2.45, 2.75) is 75.5 Å². The third kappa shape index (κ3) is 18.4. The number of carbonyl (C=O) groups excluding carboxylic acids is 6. The van der Waals surface area contributed by atoms with Gasteiger partial charge in [-0.1, -0.05) is 0 Å². The van der Waals surface area contributed by atoms with Gasteiger partial charge in [0.05, 0.1) is 11.4 Å². The lowest BCUT2D eigenvalue weighted by atomic mass is 10.0. The number of benzene rings is 2. The minimum atomic E-state index is -1.75. The number of carbonyl (C=O) groups is 14. The maximum absolute atomic E-state index is 13.8. The van der Waals surface area contributed by atoms with Gasteiger partial charge in [-0.25, -0.2) is 19.2 Å². The van der Waals surface area contributed by atoms with E-state index >= 15 is 0 Å². The topological polar surface area (TPSA) is 499 Å². The second-order valence-electron chi connectivity index (χ2n) is 16.6. The first-order chi connectivity index (χ1) is 36.7. The summed E-state index contributed by atoms with van der Waals surface area (Å²) in [5, 5.41) is 87.9. The number of rotatable bonds is 29. The van der Waals surface area contributed by atoms with Crippen LogP contribution >= 0.6 is 0 Å². The molecule has 4 atom stereocenters. The van der Waals surface area contributed by atoms with Gasteiger partial charge in [0.15, 0.2) is 0 Å². The van der Waals surface area contributed by atoms with Crippen molar-refractivity contribution in [1.29, 1.82) is 0 Å². The van der Waals surface area contributed by atoms with Crippen molar-refractivity contribution in [3.8, 4) is 11.4 Å². The number of nitrogens with one attached hydrogen (secondary N) is 6. The van der Waals surface area contributed by atoms with E-state index in [0.717, 1.165) is 48.8 Å². The zero-order valence-electron chi connectivity index (χ0n) is 40.1. The molecule has 4 rings (SSSR count). The van der Waals surface area contributed by atoms with Crippen LogP contribution in [0.4, 0.5) is 11.4 Å². The zero-order valence-corrected chi connectivity index (χ0v) is 40.1.